The first-order chi connectivity index (χ1) is 16.8. The number of nitrogens with two attached hydrogens (primary N) is 1. The van der Waals surface area contributed by atoms with Crippen molar-refractivity contribution in [2.24, 2.45) is 0 Å². The largest absolute Gasteiger partial charge is 0.416 e. The van der Waals surface area contributed by atoms with Crippen LogP contribution in [0.4, 0.5) is 41.4 Å². The maximum atomic E-state index is 13.1. The molecule has 3 aromatic rings. The van der Waals surface area contributed by atoms with Gasteiger partial charge in [-0.3, -0.25) is 4.90 Å². The molecule has 0 unspecified atom stereocenters. The van der Waals surface area contributed by atoms with Crippen molar-refractivity contribution in [3.8, 4) is 11.3 Å². The second kappa shape index (κ2) is 8.98. The molecule has 0 bridgehead atoms. The van der Waals surface area contributed by atoms with Gasteiger partial charge in [0.1, 0.15) is 5.82 Å². The average molecular weight is 486 g/mol. The smallest absolute Gasteiger partial charge is 0.378 e. The summed E-state index contributed by atoms with van der Waals surface area (Å²) in [5.74, 6) is 0.922. The molecular weight excluding hydrogens is 465 g/mol. The van der Waals surface area contributed by atoms with Crippen LogP contribution in [0.2, 0.25) is 0 Å². The van der Waals surface area contributed by atoms with Gasteiger partial charge in [-0.25, -0.2) is 19.7 Å². The molecule has 0 radical (unpaired) electrons. The lowest BCUT2D eigenvalue weighted by atomic mass is 10.1. The number of rotatable bonds is 3. The van der Waals surface area contributed by atoms with E-state index in [1.807, 2.05) is 4.90 Å². The van der Waals surface area contributed by atoms with Crippen LogP contribution in [0.3, 0.4) is 0 Å². The molecule has 2 aliphatic heterocycles. The standard InChI is InChI=1S/C22H21F3N8O2/c23-22(24,25)14-2-1-3-15(10-14)29-21(34)33-5-4-16-17(13-11-27-19(26)28-12-13)30-20(31-18(16)33)32-6-8-35-9-7-32/h1-3,10-12H,4-9H2,(H,29,34)(H2,26,27,28). The highest BCUT2D eigenvalue weighted by atomic mass is 19.4. The molecule has 0 spiro atoms. The van der Waals surface area contributed by atoms with E-state index < -0.39 is 17.8 Å². The Kier molecular flexibility index (Phi) is 5.84. The Hall–Kier alpha value is -4.00. The molecular formula is C22H21F3N8O2. The van der Waals surface area contributed by atoms with Gasteiger partial charge in [0, 0.05) is 48.8 Å². The van der Waals surface area contributed by atoms with E-state index in [0.29, 0.717) is 55.7 Å². The van der Waals surface area contributed by atoms with Crippen molar-refractivity contribution in [3.05, 3.63) is 47.8 Å². The summed E-state index contributed by atoms with van der Waals surface area (Å²) in [5.41, 5.74) is 6.73. The third kappa shape index (κ3) is 4.67. The normalized spacial score (nSPS) is 15.7. The van der Waals surface area contributed by atoms with Crippen molar-refractivity contribution in [3.63, 3.8) is 0 Å². The summed E-state index contributed by atoms with van der Waals surface area (Å²) in [4.78, 5) is 34.0. The molecule has 1 saturated heterocycles. The summed E-state index contributed by atoms with van der Waals surface area (Å²) in [7, 11) is 0. The Labute approximate surface area is 198 Å². The van der Waals surface area contributed by atoms with Crippen LogP contribution in [0.15, 0.2) is 36.7 Å². The zero-order valence-corrected chi connectivity index (χ0v) is 18.4. The number of ether oxygens (including phenoxy) is 1. The maximum Gasteiger partial charge on any atom is 0.416 e. The van der Waals surface area contributed by atoms with Crippen LogP contribution in [0.5, 0.6) is 0 Å². The van der Waals surface area contributed by atoms with Crippen molar-refractivity contribution in [2.75, 3.05) is 53.7 Å². The summed E-state index contributed by atoms with van der Waals surface area (Å²) in [6, 6.07) is 3.90. The predicted octanol–water partition coefficient (Wildman–Crippen LogP) is 2.97. The number of hydrogen-bond donors (Lipinski definition) is 2. The Balaban J connectivity index is 1.50. The summed E-state index contributed by atoms with van der Waals surface area (Å²) >= 11 is 0. The lowest BCUT2D eigenvalue weighted by molar-refractivity contribution is -0.137. The van der Waals surface area contributed by atoms with Gasteiger partial charge in [-0.05, 0) is 24.6 Å². The Morgan fingerprint density at radius 3 is 2.54 bits per heavy atom. The van der Waals surface area contributed by atoms with Crippen molar-refractivity contribution >= 4 is 29.4 Å². The van der Waals surface area contributed by atoms with Crippen LogP contribution < -0.4 is 20.9 Å². The first kappa shape index (κ1) is 22.8. The van der Waals surface area contributed by atoms with E-state index in [1.165, 1.54) is 17.0 Å². The highest BCUT2D eigenvalue weighted by molar-refractivity contribution is 6.03. The van der Waals surface area contributed by atoms with Gasteiger partial charge in [0.2, 0.25) is 11.9 Å². The molecule has 35 heavy (non-hydrogen) atoms. The fourth-order valence-electron chi connectivity index (χ4n) is 4.01. The fourth-order valence-corrected chi connectivity index (χ4v) is 4.01. The van der Waals surface area contributed by atoms with Gasteiger partial charge in [-0.1, -0.05) is 6.07 Å². The minimum atomic E-state index is -4.52. The molecule has 1 aromatic carbocycles. The number of alkyl halides is 3. The number of amides is 2. The van der Waals surface area contributed by atoms with Gasteiger partial charge < -0.3 is 20.7 Å². The Morgan fingerprint density at radius 1 is 1.09 bits per heavy atom. The number of anilines is 4. The molecule has 0 aliphatic carbocycles. The molecule has 2 amide bonds. The topological polar surface area (TPSA) is 122 Å². The zero-order chi connectivity index (χ0) is 24.6. The van der Waals surface area contributed by atoms with E-state index in [9.17, 15) is 18.0 Å². The third-order valence-electron chi connectivity index (χ3n) is 5.74. The van der Waals surface area contributed by atoms with Crippen molar-refractivity contribution in [2.45, 2.75) is 12.6 Å². The van der Waals surface area contributed by atoms with Crippen molar-refractivity contribution < 1.29 is 22.7 Å². The Bertz CT molecular complexity index is 1250. The number of nitrogen functional groups attached to an aromatic ring is 1. The number of benzene rings is 1. The first-order valence-electron chi connectivity index (χ1n) is 10.9. The second-order valence-electron chi connectivity index (χ2n) is 8.01. The number of carbonyl (C=O) groups is 1. The van der Waals surface area contributed by atoms with Crippen LogP contribution in [-0.2, 0) is 17.3 Å². The van der Waals surface area contributed by atoms with Crippen LogP contribution in [0.25, 0.3) is 11.3 Å². The van der Waals surface area contributed by atoms with Gasteiger partial charge in [-0.15, -0.1) is 0 Å². The SMILES string of the molecule is Nc1ncc(-c2nc(N3CCOCC3)nc3c2CCN3C(=O)Nc2cccc(C(F)(F)F)c2)cn1. The molecule has 182 valence electrons. The number of carbonyl (C=O) groups excluding carboxylic acids is 1. The summed E-state index contributed by atoms with van der Waals surface area (Å²) < 4.78 is 44.7. The molecule has 2 aliphatic rings. The number of hydrogen-bond acceptors (Lipinski definition) is 8. The Morgan fingerprint density at radius 2 is 1.83 bits per heavy atom. The molecule has 0 saturated carbocycles. The molecule has 4 heterocycles. The minimum Gasteiger partial charge on any atom is -0.378 e. The van der Waals surface area contributed by atoms with Gasteiger partial charge in [0.25, 0.3) is 0 Å². The van der Waals surface area contributed by atoms with Gasteiger partial charge >= 0.3 is 12.2 Å². The summed E-state index contributed by atoms with van der Waals surface area (Å²) in [5, 5.41) is 2.55. The fraction of sp³-hybridized carbons (Fsp3) is 0.318. The number of urea groups is 1. The van der Waals surface area contributed by atoms with Gasteiger partial charge in [-0.2, -0.15) is 18.2 Å². The number of aromatic nitrogens is 4. The third-order valence-corrected chi connectivity index (χ3v) is 5.74. The van der Waals surface area contributed by atoms with E-state index in [2.05, 4.69) is 20.3 Å². The van der Waals surface area contributed by atoms with E-state index in [4.69, 9.17) is 15.5 Å². The lowest BCUT2D eigenvalue weighted by Crippen LogP contribution is -2.38. The molecule has 0 atom stereocenters. The van der Waals surface area contributed by atoms with E-state index in [-0.39, 0.29) is 18.2 Å². The monoisotopic (exact) mass is 486 g/mol. The van der Waals surface area contributed by atoms with Gasteiger partial charge in [0.05, 0.1) is 24.5 Å². The zero-order valence-electron chi connectivity index (χ0n) is 18.4. The van der Waals surface area contributed by atoms with Gasteiger partial charge in [0.15, 0.2) is 0 Å². The van der Waals surface area contributed by atoms with Crippen molar-refractivity contribution in [1.82, 2.24) is 19.9 Å². The number of nitrogens with one attached hydrogen (secondary N) is 1. The lowest BCUT2D eigenvalue weighted by Gasteiger charge is -2.28. The number of halogens is 3. The highest BCUT2D eigenvalue weighted by Gasteiger charge is 2.33. The summed E-state index contributed by atoms with van der Waals surface area (Å²) in [6.07, 6.45) is -0.954. The average Bonchev–Trinajstić information content (AvgIpc) is 3.28. The predicted molar refractivity (Wildman–Crippen MR) is 122 cm³/mol. The minimum absolute atomic E-state index is 0.0351. The molecule has 2 aromatic heterocycles. The highest BCUT2D eigenvalue weighted by Crippen LogP contribution is 2.36. The van der Waals surface area contributed by atoms with E-state index in [1.54, 1.807) is 12.4 Å². The first-order valence-corrected chi connectivity index (χ1v) is 10.9. The maximum absolute atomic E-state index is 13.1. The van der Waals surface area contributed by atoms with Crippen LogP contribution in [0, 0.1) is 0 Å². The number of nitrogens with zero attached hydrogens (tertiary/aromatic N) is 6. The van der Waals surface area contributed by atoms with Crippen molar-refractivity contribution in [1.29, 1.82) is 0 Å². The summed E-state index contributed by atoms with van der Waals surface area (Å²) in [6.45, 7) is 2.46. The number of morpholine rings is 1. The molecule has 3 N–H and O–H groups in total. The second-order valence-corrected chi connectivity index (χ2v) is 8.01. The van der Waals surface area contributed by atoms with E-state index in [0.717, 1.165) is 17.7 Å². The van der Waals surface area contributed by atoms with Crippen LogP contribution in [-0.4, -0.2) is 58.8 Å². The molecule has 5 rings (SSSR count). The quantitative estimate of drug-likeness (QED) is 0.580. The molecule has 13 heteroatoms. The van der Waals surface area contributed by atoms with E-state index >= 15 is 0 Å². The molecule has 1 fully saturated rings. The van der Waals surface area contributed by atoms with Crippen LogP contribution in [0.1, 0.15) is 11.1 Å². The number of fused-ring (bicyclic) bond motifs is 1. The molecule has 10 nitrogen and oxygen atoms in total. The van der Waals surface area contributed by atoms with Crippen LogP contribution >= 0.6 is 0 Å².